The van der Waals surface area contributed by atoms with Crippen molar-refractivity contribution in [3.05, 3.63) is 42.7 Å². The Morgan fingerprint density at radius 1 is 1.12 bits per heavy atom. The van der Waals surface area contributed by atoms with E-state index < -0.39 is 0 Å². The van der Waals surface area contributed by atoms with Crippen LogP contribution in [-0.4, -0.2) is 78.4 Å². The maximum Gasteiger partial charge on any atom is 0.226 e. The van der Waals surface area contributed by atoms with Gasteiger partial charge in [0, 0.05) is 50.4 Å². The van der Waals surface area contributed by atoms with Crippen molar-refractivity contribution in [2.24, 2.45) is 41.4 Å². The monoisotopic (exact) mass is 546 g/mol. The Morgan fingerprint density at radius 2 is 1.88 bits per heavy atom. The number of amides is 1. The number of hydrogen-bond donors (Lipinski definition) is 0. The van der Waals surface area contributed by atoms with E-state index in [1.807, 2.05) is 30.3 Å². The first-order valence-electron chi connectivity index (χ1n) is 15.5. The highest BCUT2D eigenvalue weighted by atomic mass is 16.5. The minimum absolute atomic E-state index is 0.146. The molecule has 1 saturated heterocycles. The fourth-order valence-electron chi connectivity index (χ4n) is 9.27. The Morgan fingerprint density at radius 3 is 2.62 bits per heavy atom. The summed E-state index contributed by atoms with van der Waals surface area (Å²) in [4.78, 5) is 32.9. The van der Waals surface area contributed by atoms with Crippen LogP contribution in [0.25, 0.3) is 11.0 Å². The molecule has 0 radical (unpaired) electrons. The van der Waals surface area contributed by atoms with Gasteiger partial charge in [0.15, 0.2) is 5.58 Å². The number of fused-ring (bicyclic) bond motifs is 3. The van der Waals surface area contributed by atoms with E-state index in [9.17, 15) is 9.59 Å². The Hall–Kier alpha value is -2.67. The highest BCUT2D eigenvalue weighted by molar-refractivity contribution is 5.83. The maximum absolute atomic E-state index is 13.9. The SMILES string of the molecule is C=CN(C)C1C(C)C2CC1C(C(=O)N(C)CC1CCCC1CN1CCC(c3noc4ccccc34)CC1)C2C=O. The molecular weight excluding hydrogens is 500 g/mol. The lowest BCUT2D eigenvalue weighted by atomic mass is 9.71. The molecule has 4 aliphatic rings. The second-order valence-electron chi connectivity index (χ2n) is 13.3. The van der Waals surface area contributed by atoms with Crippen molar-refractivity contribution < 1.29 is 14.1 Å². The first-order valence-corrected chi connectivity index (χ1v) is 15.5. The number of aromatic nitrogens is 1. The average molecular weight is 547 g/mol. The van der Waals surface area contributed by atoms with Crippen molar-refractivity contribution in [3.8, 4) is 0 Å². The number of likely N-dealkylation sites (tertiary alicyclic amines) is 1. The number of benzene rings is 1. The zero-order valence-corrected chi connectivity index (χ0v) is 24.5. The van der Waals surface area contributed by atoms with Gasteiger partial charge in [-0.05, 0) is 93.1 Å². The van der Waals surface area contributed by atoms with Crippen molar-refractivity contribution in [1.29, 1.82) is 0 Å². The van der Waals surface area contributed by atoms with Gasteiger partial charge in [-0.25, -0.2) is 0 Å². The van der Waals surface area contributed by atoms with Gasteiger partial charge < -0.3 is 24.0 Å². The molecule has 8 atom stereocenters. The minimum atomic E-state index is -0.192. The lowest BCUT2D eigenvalue weighted by Gasteiger charge is -2.42. The molecule has 1 amide bonds. The number of hydrogen-bond acceptors (Lipinski definition) is 6. The molecule has 0 spiro atoms. The predicted octanol–water partition coefficient (Wildman–Crippen LogP) is 5.04. The lowest BCUT2D eigenvalue weighted by Crippen LogP contribution is -2.51. The third-order valence-electron chi connectivity index (χ3n) is 11.3. The van der Waals surface area contributed by atoms with Crippen LogP contribution in [0.3, 0.4) is 0 Å². The van der Waals surface area contributed by atoms with E-state index in [-0.39, 0.29) is 23.7 Å². The van der Waals surface area contributed by atoms with E-state index in [4.69, 9.17) is 4.52 Å². The van der Waals surface area contributed by atoms with E-state index in [0.717, 1.165) is 68.4 Å². The van der Waals surface area contributed by atoms with E-state index in [0.29, 0.717) is 35.6 Å². The highest BCUT2D eigenvalue weighted by Gasteiger charge is 2.60. The van der Waals surface area contributed by atoms with Gasteiger partial charge in [-0.15, -0.1) is 0 Å². The fourth-order valence-corrected chi connectivity index (χ4v) is 9.27. The van der Waals surface area contributed by atoms with E-state index in [2.05, 4.69) is 47.6 Å². The fraction of sp³-hybridized carbons (Fsp3) is 0.667. The molecule has 0 N–H and O–H groups in total. The number of nitrogens with zero attached hydrogens (tertiary/aromatic N) is 4. The summed E-state index contributed by atoms with van der Waals surface area (Å²) in [6.07, 6.45) is 9.85. The van der Waals surface area contributed by atoms with Gasteiger partial charge >= 0.3 is 0 Å². The van der Waals surface area contributed by atoms with Gasteiger partial charge in [0.25, 0.3) is 0 Å². The summed E-state index contributed by atoms with van der Waals surface area (Å²) >= 11 is 0. The lowest BCUT2D eigenvalue weighted by molar-refractivity contribution is -0.142. The molecule has 3 aliphatic carbocycles. The standard InChI is InChI=1S/C33H46N4O3/c1-5-35(3)32-21(2)26-17-27(32)30(28(26)20-38)33(39)36(4)18-23-9-8-10-24(23)19-37-15-13-22(14-16-37)31-25-11-6-7-12-29(25)40-34-31/h5-7,11-12,20-24,26-28,30,32H,1,8-10,13-19H2,2-4H3. The van der Waals surface area contributed by atoms with Crippen LogP contribution in [-0.2, 0) is 9.59 Å². The average Bonchev–Trinajstić information content (AvgIpc) is 3.75. The summed E-state index contributed by atoms with van der Waals surface area (Å²) in [5.41, 5.74) is 2.01. The number of para-hydroxylation sites is 1. The van der Waals surface area contributed by atoms with Gasteiger partial charge in [-0.2, -0.15) is 0 Å². The van der Waals surface area contributed by atoms with E-state index in [1.165, 1.54) is 19.3 Å². The van der Waals surface area contributed by atoms with E-state index in [1.54, 1.807) is 0 Å². The molecule has 1 aliphatic heterocycles. The van der Waals surface area contributed by atoms with E-state index >= 15 is 0 Å². The molecule has 4 fully saturated rings. The van der Waals surface area contributed by atoms with Crippen LogP contribution in [0.5, 0.6) is 0 Å². The smallest absolute Gasteiger partial charge is 0.226 e. The Labute approximate surface area is 238 Å². The summed E-state index contributed by atoms with van der Waals surface area (Å²) in [7, 11) is 4.05. The van der Waals surface area contributed by atoms with Crippen molar-refractivity contribution in [2.45, 2.75) is 57.4 Å². The Kier molecular flexibility index (Phi) is 7.77. The minimum Gasteiger partial charge on any atom is -0.377 e. The van der Waals surface area contributed by atoms with Gasteiger partial charge in [0.1, 0.15) is 6.29 Å². The first-order chi connectivity index (χ1) is 19.4. The zero-order chi connectivity index (χ0) is 28.0. The van der Waals surface area contributed by atoms with Crippen LogP contribution in [0.4, 0.5) is 0 Å². The molecule has 40 heavy (non-hydrogen) atoms. The maximum atomic E-state index is 13.9. The predicted molar refractivity (Wildman–Crippen MR) is 156 cm³/mol. The topological polar surface area (TPSA) is 69.9 Å². The molecule has 216 valence electrons. The second kappa shape index (κ2) is 11.3. The quantitative estimate of drug-likeness (QED) is 0.411. The van der Waals surface area contributed by atoms with Gasteiger partial charge in [-0.1, -0.05) is 37.2 Å². The normalized spacial score (nSPS) is 34.4. The number of carbonyl (C=O) groups excluding carboxylic acids is 2. The second-order valence-corrected chi connectivity index (χ2v) is 13.3. The van der Waals surface area contributed by atoms with Crippen molar-refractivity contribution in [2.75, 3.05) is 40.3 Å². The van der Waals surface area contributed by atoms with Gasteiger partial charge in [0.2, 0.25) is 5.91 Å². The van der Waals surface area contributed by atoms with Gasteiger partial charge in [-0.3, -0.25) is 4.79 Å². The summed E-state index contributed by atoms with van der Waals surface area (Å²) in [5.74, 6) is 2.41. The summed E-state index contributed by atoms with van der Waals surface area (Å²) < 4.78 is 5.58. The van der Waals surface area contributed by atoms with Crippen molar-refractivity contribution in [1.82, 2.24) is 19.9 Å². The van der Waals surface area contributed by atoms with Crippen LogP contribution in [0, 0.1) is 41.4 Å². The highest BCUT2D eigenvalue weighted by Crippen LogP contribution is 2.56. The number of aldehydes is 1. The molecule has 1 aromatic carbocycles. The molecule has 7 heteroatoms. The third-order valence-corrected chi connectivity index (χ3v) is 11.3. The molecule has 6 rings (SSSR count). The van der Waals surface area contributed by atoms with Gasteiger partial charge in [0.05, 0.1) is 11.6 Å². The molecule has 8 unspecified atom stereocenters. The molecule has 1 aromatic heterocycles. The summed E-state index contributed by atoms with van der Waals surface area (Å²) in [6.45, 7) is 10.3. The number of piperidine rings is 1. The number of carbonyl (C=O) groups is 2. The van der Waals surface area contributed by atoms with Crippen LogP contribution in [0.1, 0.15) is 57.1 Å². The summed E-state index contributed by atoms with van der Waals surface area (Å²) in [6, 6.07) is 8.48. The third kappa shape index (κ3) is 4.78. The molecule has 2 bridgehead atoms. The van der Waals surface area contributed by atoms with Crippen LogP contribution < -0.4 is 0 Å². The molecule has 3 saturated carbocycles. The largest absolute Gasteiger partial charge is 0.377 e. The zero-order valence-electron chi connectivity index (χ0n) is 24.5. The Balaban J connectivity index is 1.05. The number of rotatable bonds is 9. The summed E-state index contributed by atoms with van der Waals surface area (Å²) in [5, 5.41) is 5.59. The van der Waals surface area contributed by atoms with Crippen molar-refractivity contribution in [3.63, 3.8) is 0 Å². The van der Waals surface area contributed by atoms with Crippen LogP contribution >= 0.6 is 0 Å². The Bertz CT molecular complexity index is 1220. The first kappa shape index (κ1) is 27.5. The van der Waals surface area contributed by atoms with Crippen molar-refractivity contribution >= 4 is 23.2 Å². The molecule has 7 nitrogen and oxygen atoms in total. The molecular formula is C33H46N4O3. The van der Waals surface area contributed by atoms with Crippen LogP contribution in [0.2, 0.25) is 0 Å². The van der Waals surface area contributed by atoms with Crippen LogP contribution in [0.15, 0.2) is 41.6 Å². The molecule has 2 heterocycles. The molecule has 2 aromatic rings.